The Bertz CT molecular complexity index is 475. The third-order valence-corrected chi connectivity index (χ3v) is 2.61. The number of nitrogens with zero attached hydrogens (tertiary/aromatic N) is 2. The Balaban J connectivity index is 2.11. The lowest BCUT2D eigenvalue weighted by Gasteiger charge is -2.00. The second-order valence-corrected chi connectivity index (χ2v) is 4.05. The van der Waals surface area contributed by atoms with Crippen molar-refractivity contribution in [3.63, 3.8) is 0 Å². The van der Waals surface area contributed by atoms with Gasteiger partial charge in [-0.3, -0.25) is 0 Å². The Labute approximate surface area is 96.1 Å². The highest BCUT2D eigenvalue weighted by Gasteiger charge is 2.08. The minimum atomic E-state index is -0.409. The van der Waals surface area contributed by atoms with E-state index < -0.39 is 5.82 Å². The van der Waals surface area contributed by atoms with Crippen LogP contribution in [0.2, 0.25) is 0 Å². The van der Waals surface area contributed by atoms with Gasteiger partial charge in [0.2, 0.25) is 0 Å². The topological polar surface area (TPSA) is 47.0 Å². The highest BCUT2D eigenvalue weighted by molar-refractivity contribution is 7.13. The standard InChI is InChI=1S/C10H10FN3OS/c1-12-6-9-13-14-10(16-9)15-8-5-3-2-4-7(8)11/h2-5,12H,6H2,1H3. The lowest BCUT2D eigenvalue weighted by Crippen LogP contribution is -2.04. The van der Waals surface area contributed by atoms with Gasteiger partial charge in [0.1, 0.15) is 5.01 Å². The molecule has 0 aliphatic carbocycles. The molecule has 0 amide bonds. The summed E-state index contributed by atoms with van der Waals surface area (Å²) in [6.07, 6.45) is 0. The molecule has 4 nitrogen and oxygen atoms in total. The van der Waals surface area contributed by atoms with Gasteiger partial charge < -0.3 is 10.1 Å². The fourth-order valence-electron chi connectivity index (χ4n) is 1.12. The van der Waals surface area contributed by atoms with Crippen molar-refractivity contribution in [3.8, 4) is 10.9 Å². The first kappa shape index (κ1) is 11.0. The maximum Gasteiger partial charge on any atom is 0.299 e. The van der Waals surface area contributed by atoms with E-state index in [0.29, 0.717) is 11.7 Å². The Morgan fingerprint density at radius 3 is 2.94 bits per heavy atom. The zero-order valence-corrected chi connectivity index (χ0v) is 9.42. The van der Waals surface area contributed by atoms with E-state index in [1.165, 1.54) is 17.4 Å². The van der Waals surface area contributed by atoms with Gasteiger partial charge in [0.05, 0.1) is 0 Å². The fraction of sp³-hybridized carbons (Fsp3) is 0.200. The third kappa shape index (κ3) is 2.53. The normalized spacial score (nSPS) is 10.4. The Morgan fingerprint density at radius 1 is 1.38 bits per heavy atom. The summed E-state index contributed by atoms with van der Waals surface area (Å²) in [7, 11) is 1.82. The van der Waals surface area contributed by atoms with Crippen LogP contribution in [-0.2, 0) is 6.54 Å². The molecule has 1 aromatic heterocycles. The Kier molecular flexibility index (Phi) is 3.43. The Hall–Kier alpha value is -1.53. The molecule has 16 heavy (non-hydrogen) atoms. The zero-order valence-electron chi connectivity index (χ0n) is 8.61. The molecule has 0 radical (unpaired) electrons. The van der Waals surface area contributed by atoms with Crippen LogP contribution in [0.3, 0.4) is 0 Å². The number of hydrogen-bond acceptors (Lipinski definition) is 5. The number of nitrogens with one attached hydrogen (secondary N) is 1. The minimum Gasteiger partial charge on any atom is -0.427 e. The van der Waals surface area contributed by atoms with Crippen LogP contribution in [0.15, 0.2) is 24.3 Å². The lowest BCUT2D eigenvalue weighted by atomic mass is 10.3. The second kappa shape index (κ2) is 5.00. The summed E-state index contributed by atoms with van der Waals surface area (Å²) in [5, 5.41) is 11.8. The third-order valence-electron chi connectivity index (χ3n) is 1.81. The van der Waals surface area contributed by atoms with Crippen LogP contribution in [0.5, 0.6) is 10.9 Å². The number of hydrogen-bond donors (Lipinski definition) is 1. The van der Waals surface area contributed by atoms with Crippen molar-refractivity contribution < 1.29 is 9.13 Å². The fourth-order valence-corrected chi connectivity index (χ4v) is 1.84. The highest BCUT2D eigenvalue weighted by atomic mass is 32.1. The molecule has 2 rings (SSSR count). The quantitative estimate of drug-likeness (QED) is 0.888. The monoisotopic (exact) mass is 239 g/mol. The van der Waals surface area contributed by atoms with Gasteiger partial charge in [0, 0.05) is 6.54 Å². The van der Waals surface area contributed by atoms with Crippen LogP contribution in [0, 0.1) is 5.82 Å². The van der Waals surface area contributed by atoms with E-state index in [1.54, 1.807) is 18.2 Å². The molecule has 1 N–H and O–H groups in total. The molecule has 0 aliphatic heterocycles. The number of para-hydroxylation sites is 1. The van der Waals surface area contributed by atoms with E-state index in [0.717, 1.165) is 5.01 Å². The summed E-state index contributed by atoms with van der Waals surface area (Å²) in [6.45, 7) is 0.623. The molecule has 2 aromatic rings. The average Bonchev–Trinajstić information content (AvgIpc) is 2.70. The van der Waals surface area contributed by atoms with Crippen LogP contribution < -0.4 is 10.1 Å². The van der Waals surface area contributed by atoms with Gasteiger partial charge >= 0.3 is 0 Å². The van der Waals surface area contributed by atoms with E-state index in [2.05, 4.69) is 15.5 Å². The first-order valence-electron chi connectivity index (χ1n) is 4.69. The molecular formula is C10H10FN3OS. The van der Waals surface area contributed by atoms with Gasteiger partial charge in [-0.05, 0) is 19.2 Å². The lowest BCUT2D eigenvalue weighted by molar-refractivity contribution is 0.435. The van der Waals surface area contributed by atoms with Gasteiger partial charge in [-0.2, -0.15) is 0 Å². The minimum absolute atomic E-state index is 0.162. The molecule has 0 bridgehead atoms. The molecule has 0 spiro atoms. The summed E-state index contributed by atoms with van der Waals surface area (Å²) in [6, 6.07) is 6.20. The molecule has 0 saturated carbocycles. The van der Waals surface area contributed by atoms with Gasteiger partial charge in [0.25, 0.3) is 5.19 Å². The number of ether oxygens (including phenoxy) is 1. The van der Waals surface area contributed by atoms with Crippen molar-refractivity contribution in [1.82, 2.24) is 15.5 Å². The van der Waals surface area contributed by atoms with Crippen molar-refractivity contribution in [3.05, 3.63) is 35.1 Å². The summed E-state index contributed by atoms with van der Waals surface area (Å²) in [4.78, 5) is 0. The van der Waals surface area contributed by atoms with Crippen LogP contribution in [0.4, 0.5) is 4.39 Å². The van der Waals surface area contributed by atoms with Crippen molar-refractivity contribution in [2.24, 2.45) is 0 Å². The smallest absolute Gasteiger partial charge is 0.299 e. The maximum atomic E-state index is 13.2. The Morgan fingerprint density at radius 2 is 2.19 bits per heavy atom. The average molecular weight is 239 g/mol. The first-order chi connectivity index (χ1) is 7.79. The molecule has 0 saturated heterocycles. The van der Waals surface area contributed by atoms with Gasteiger partial charge in [-0.1, -0.05) is 28.6 Å². The van der Waals surface area contributed by atoms with E-state index in [-0.39, 0.29) is 5.75 Å². The van der Waals surface area contributed by atoms with E-state index in [9.17, 15) is 4.39 Å². The summed E-state index contributed by atoms with van der Waals surface area (Å²) in [5.41, 5.74) is 0. The second-order valence-electron chi connectivity index (χ2n) is 3.02. The van der Waals surface area contributed by atoms with E-state index >= 15 is 0 Å². The van der Waals surface area contributed by atoms with E-state index in [1.807, 2.05) is 7.05 Å². The SMILES string of the molecule is CNCc1nnc(Oc2ccccc2F)s1. The summed E-state index contributed by atoms with van der Waals surface area (Å²) >= 11 is 1.29. The molecule has 6 heteroatoms. The summed E-state index contributed by atoms with van der Waals surface area (Å²) < 4.78 is 18.5. The molecular weight excluding hydrogens is 229 g/mol. The number of rotatable bonds is 4. The molecule has 0 fully saturated rings. The van der Waals surface area contributed by atoms with Crippen molar-refractivity contribution in [2.75, 3.05) is 7.05 Å². The van der Waals surface area contributed by atoms with Gasteiger partial charge in [-0.25, -0.2) is 4.39 Å². The zero-order chi connectivity index (χ0) is 11.4. The number of benzene rings is 1. The molecule has 0 unspecified atom stereocenters. The summed E-state index contributed by atoms with van der Waals surface area (Å²) in [5.74, 6) is -0.248. The predicted octanol–water partition coefficient (Wildman–Crippen LogP) is 2.19. The highest BCUT2D eigenvalue weighted by Crippen LogP contribution is 2.26. The molecule has 84 valence electrons. The van der Waals surface area contributed by atoms with Crippen molar-refractivity contribution in [1.29, 1.82) is 0 Å². The predicted molar refractivity (Wildman–Crippen MR) is 59.1 cm³/mol. The first-order valence-corrected chi connectivity index (χ1v) is 5.50. The maximum absolute atomic E-state index is 13.2. The van der Waals surface area contributed by atoms with Crippen LogP contribution in [0.1, 0.15) is 5.01 Å². The number of aromatic nitrogens is 2. The van der Waals surface area contributed by atoms with Crippen LogP contribution in [0.25, 0.3) is 0 Å². The van der Waals surface area contributed by atoms with Gasteiger partial charge in [-0.15, -0.1) is 5.10 Å². The molecule has 0 aliphatic rings. The van der Waals surface area contributed by atoms with Gasteiger partial charge in [0.15, 0.2) is 11.6 Å². The van der Waals surface area contributed by atoms with Crippen molar-refractivity contribution >= 4 is 11.3 Å². The molecule has 1 heterocycles. The molecule has 1 aromatic carbocycles. The molecule has 0 atom stereocenters. The van der Waals surface area contributed by atoms with Crippen molar-refractivity contribution in [2.45, 2.75) is 6.54 Å². The number of halogens is 1. The largest absolute Gasteiger partial charge is 0.427 e. The van der Waals surface area contributed by atoms with E-state index in [4.69, 9.17) is 4.74 Å². The van der Waals surface area contributed by atoms with Crippen LogP contribution >= 0.6 is 11.3 Å². The van der Waals surface area contributed by atoms with Crippen LogP contribution in [-0.4, -0.2) is 17.2 Å².